The van der Waals surface area contributed by atoms with E-state index in [0.717, 1.165) is 31.4 Å². The number of fused-ring (bicyclic) bond motifs is 1. The van der Waals surface area contributed by atoms with E-state index in [1.54, 1.807) is 0 Å². The first-order chi connectivity index (χ1) is 11.3. The first-order valence-corrected chi connectivity index (χ1v) is 8.84. The van der Waals surface area contributed by atoms with Gasteiger partial charge in [0.05, 0.1) is 0 Å². The summed E-state index contributed by atoms with van der Waals surface area (Å²) in [6.45, 7) is 5.39. The standard InChI is InChI=1S/C20H28N2O.ClH/c1-21-11-8-17-9-12-22(13-10-17)14-15-23-20-7-6-18-4-2-3-5-19(18)16-20;/h2-7,16-17,21H,8-15H2,1H3;1H. The Balaban J connectivity index is 0.00000208. The topological polar surface area (TPSA) is 24.5 Å². The van der Waals surface area contributed by atoms with Gasteiger partial charge in [0.25, 0.3) is 0 Å². The largest absolute Gasteiger partial charge is 0.492 e. The quantitative estimate of drug-likeness (QED) is 0.819. The van der Waals surface area contributed by atoms with Crippen LogP contribution in [0.25, 0.3) is 10.8 Å². The number of hydrogen-bond acceptors (Lipinski definition) is 3. The second kappa shape index (κ2) is 9.87. The predicted octanol–water partition coefficient (Wildman–Crippen LogP) is 3.96. The second-order valence-electron chi connectivity index (χ2n) is 6.53. The molecule has 0 bridgehead atoms. The molecule has 1 heterocycles. The zero-order valence-electron chi connectivity index (χ0n) is 14.5. The van der Waals surface area contributed by atoms with Gasteiger partial charge >= 0.3 is 0 Å². The summed E-state index contributed by atoms with van der Waals surface area (Å²) in [5.41, 5.74) is 0. The van der Waals surface area contributed by atoms with Crippen molar-refractivity contribution in [3.63, 3.8) is 0 Å². The fourth-order valence-corrected chi connectivity index (χ4v) is 3.40. The summed E-state index contributed by atoms with van der Waals surface area (Å²) in [7, 11) is 2.04. The second-order valence-corrected chi connectivity index (χ2v) is 6.53. The number of likely N-dealkylation sites (tertiary alicyclic amines) is 1. The van der Waals surface area contributed by atoms with Gasteiger partial charge in [0.2, 0.25) is 0 Å². The number of halogens is 1. The Labute approximate surface area is 151 Å². The fraction of sp³-hybridized carbons (Fsp3) is 0.500. The van der Waals surface area contributed by atoms with Crippen molar-refractivity contribution in [2.75, 3.05) is 39.8 Å². The van der Waals surface area contributed by atoms with Crippen LogP contribution in [0.2, 0.25) is 0 Å². The molecule has 24 heavy (non-hydrogen) atoms. The highest BCUT2D eigenvalue weighted by atomic mass is 35.5. The Morgan fingerprint density at radius 2 is 1.83 bits per heavy atom. The van der Waals surface area contributed by atoms with Gasteiger partial charge in [-0.2, -0.15) is 0 Å². The summed E-state index contributed by atoms with van der Waals surface area (Å²) in [6, 6.07) is 14.8. The molecule has 0 unspecified atom stereocenters. The first kappa shape index (κ1) is 19.0. The molecule has 1 fully saturated rings. The number of benzene rings is 2. The Hall–Kier alpha value is -1.29. The molecular formula is C20H29ClN2O. The van der Waals surface area contributed by atoms with E-state index in [4.69, 9.17) is 4.74 Å². The fourth-order valence-electron chi connectivity index (χ4n) is 3.40. The van der Waals surface area contributed by atoms with E-state index < -0.39 is 0 Å². The Bertz CT molecular complexity index is 611. The van der Waals surface area contributed by atoms with Gasteiger partial charge in [0, 0.05) is 6.54 Å². The number of rotatable bonds is 7. The summed E-state index contributed by atoms with van der Waals surface area (Å²) >= 11 is 0. The van der Waals surface area contributed by atoms with Crippen LogP contribution >= 0.6 is 12.4 Å². The number of piperidine rings is 1. The average Bonchev–Trinajstić information content (AvgIpc) is 2.61. The van der Waals surface area contributed by atoms with Crippen LogP contribution in [0.15, 0.2) is 42.5 Å². The van der Waals surface area contributed by atoms with Crippen LogP contribution in [-0.2, 0) is 0 Å². The molecule has 1 aliphatic heterocycles. The van der Waals surface area contributed by atoms with Gasteiger partial charge in [-0.25, -0.2) is 0 Å². The van der Waals surface area contributed by atoms with Gasteiger partial charge in [0.15, 0.2) is 0 Å². The molecule has 0 aromatic heterocycles. The van der Waals surface area contributed by atoms with Crippen molar-refractivity contribution < 1.29 is 4.74 Å². The lowest BCUT2D eigenvalue weighted by molar-refractivity contribution is 0.151. The van der Waals surface area contributed by atoms with Crippen LogP contribution in [0.1, 0.15) is 19.3 Å². The first-order valence-electron chi connectivity index (χ1n) is 8.84. The maximum Gasteiger partial charge on any atom is 0.120 e. The molecule has 4 heteroatoms. The molecule has 132 valence electrons. The van der Waals surface area contributed by atoms with Gasteiger partial charge in [-0.3, -0.25) is 4.90 Å². The third kappa shape index (κ3) is 5.37. The van der Waals surface area contributed by atoms with Gasteiger partial charge in [-0.15, -0.1) is 12.4 Å². The van der Waals surface area contributed by atoms with Crippen LogP contribution in [0.5, 0.6) is 5.75 Å². The van der Waals surface area contributed by atoms with Crippen LogP contribution in [-0.4, -0.2) is 44.7 Å². The van der Waals surface area contributed by atoms with Crippen molar-refractivity contribution in [3.05, 3.63) is 42.5 Å². The lowest BCUT2D eigenvalue weighted by Gasteiger charge is -2.31. The average molecular weight is 349 g/mol. The third-order valence-corrected chi connectivity index (χ3v) is 4.91. The van der Waals surface area contributed by atoms with Gasteiger partial charge in [-0.1, -0.05) is 30.3 Å². The molecule has 2 aromatic rings. The molecule has 0 amide bonds. The van der Waals surface area contributed by atoms with E-state index in [0.29, 0.717) is 0 Å². The zero-order chi connectivity index (χ0) is 15.9. The Morgan fingerprint density at radius 3 is 2.58 bits per heavy atom. The van der Waals surface area contributed by atoms with E-state index in [2.05, 4.69) is 52.7 Å². The summed E-state index contributed by atoms with van der Waals surface area (Å²) in [4.78, 5) is 2.54. The third-order valence-electron chi connectivity index (χ3n) is 4.91. The van der Waals surface area contributed by atoms with Crippen LogP contribution in [0.4, 0.5) is 0 Å². The Morgan fingerprint density at radius 1 is 1.08 bits per heavy atom. The number of hydrogen-bond donors (Lipinski definition) is 1. The number of ether oxygens (including phenoxy) is 1. The summed E-state index contributed by atoms with van der Waals surface area (Å²) in [5, 5.41) is 5.77. The smallest absolute Gasteiger partial charge is 0.120 e. The van der Waals surface area contributed by atoms with Crippen molar-refractivity contribution in [2.45, 2.75) is 19.3 Å². The minimum absolute atomic E-state index is 0. The van der Waals surface area contributed by atoms with E-state index in [1.165, 1.54) is 43.1 Å². The molecule has 0 atom stereocenters. The van der Waals surface area contributed by atoms with Gasteiger partial charge in [-0.05, 0) is 74.8 Å². The number of nitrogens with zero attached hydrogens (tertiary/aromatic N) is 1. The molecule has 0 spiro atoms. The van der Waals surface area contributed by atoms with Gasteiger partial charge in [0.1, 0.15) is 12.4 Å². The highest BCUT2D eigenvalue weighted by Gasteiger charge is 2.18. The molecule has 0 aliphatic carbocycles. The zero-order valence-corrected chi connectivity index (χ0v) is 15.4. The molecule has 3 nitrogen and oxygen atoms in total. The minimum atomic E-state index is 0. The molecule has 0 radical (unpaired) electrons. The minimum Gasteiger partial charge on any atom is -0.492 e. The molecule has 3 rings (SSSR count). The SMILES string of the molecule is CNCCC1CCN(CCOc2ccc3ccccc3c2)CC1.Cl. The lowest BCUT2D eigenvalue weighted by Crippen LogP contribution is -2.37. The highest BCUT2D eigenvalue weighted by molar-refractivity contribution is 5.85. The molecule has 1 saturated heterocycles. The molecule has 1 aliphatic rings. The van der Waals surface area contributed by atoms with Crippen LogP contribution in [0.3, 0.4) is 0 Å². The highest BCUT2D eigenvalue weighted by Crippen LogP contribution is 2.22. The van der Waals surface area contributed by atoms with Crippen LogP contribution in [0, 0.1) is 5.92 Å². The van der Waals surface area contributed by atoms with Crippen molar-refractivity contribution in [1.82, 2.24) is 10.2 Å². The maximum atomic E-state index is 5.96. The van der Waals surface area contributed by atoms with Crippen molar-refractivity contribution in [2.24, 2.45) is 5.92 Å². The molecular weight excluding hydrogens is 320 g/mol. The van der Waals surface area contributed by atoms with Crippen LogP contribution < -0.4 is 10.1 Å². The molecule has 1 N–H and O–H groups in total. The summed E-state index contributed by atoms with van der Waals surface area (Å²) in [5.74, 6) is 1.88. The van der Waals surface area contributed by atoms with E-state index in [9.17, 15) is 0 Å². The van der Waals surface area contributed by atoms with Gasteiger partial charge < -0.3 is 10.1 Å². The summed E-state index contributed by atoms with van der Waals surface area (Å²) < 4.78 is 5.96. The summed E-state index contributed by atoms with van der Waals surface area (Å²) in [6.07, 6.45) is 3.98. The molecule has 2 aromatic carbocycles. The monoisotopic (exact) mass is 348 g/mol. The normalized spacial score (nSPS) is 16.0. The van der Waals surface area contributed by atoms with Crippen molar-refractivity contribution >= 4 is 23.2 Å². The number of nitrogens with one attached hydrogen (secondary N) is 1. The van der Waals surface area contributed by atoms with E-state index in [-0.39, 0.29) is 12.4 Å². The lowest BCUT2D eigenvalue weighted by atomic mass is 9.93. The maximum absolute atomic E-state index is 5.96. The predicted molar refractivity (Wildman–Crippen MR) is 104 cm³/mol. The van der Waals surface area contributed by atoms with E-state index in [1.807, 2.05) is 7.05 Å². The Kier molecular flexibility index (Phi) is 7.83. The molecule has 0 saturated carbocycles. The van der Waals surface area contributed by atoms with Crippen molar-refractivity contribution in [3.8, 4) is 5.75 Å². The van der Waals surface area contributed by atoms with E-state index >= 15 is 0 Å². The van der Waals surface area contributed by atoms with Crippen molar-refractivity contribution in [1.29, 1.82) is 0 Å².